The molecule has 4 nitrogen and oxygen atoms in total. The smallest absolute Gasteiger partial charge is 0.266 e. The molecule has 0 saturated carbocycles. The monoisotopic (exact) mass is 267 g/mol. The van der Waals surface area contributed by atoms with Crippen molar-refractivity contribution in [1.29, 1.82) is 0 Å². The normalized spacial score (nSPS) is 10.9. The van der Waals surface area contributed by atoms with Crippen LogP contribution in [0.25, 0.3) is 0 Å². The third kappa shape index (κ3) is 3.75. The van der Waals surface area contributed by atoms with Crippen molar-refractivity contribution in [3.63, 3.8) is 0 Å². The van der Waals surface area contributed by atoms with Crippen molar-refractivity contribution in [1.82, 2.24) is 10.4 Å². The Morgan fingerprint density at radius 1 is 1.20 bits per heavy atom. The van der Waals surface area contributed by atoms with Crippen LogP contribution in [-0.2, 0) is 0 Å². The van der Waals surface area contributed by atoms with E-state index in [2.05, 4.69) is 41.5 Å². The van der Waals surface area contributed by atoms with Crippen molar-refractivity contribution in [3.8, 4) is 0 Å². The number of nitrogens with zero attached hydrogens (tertiary/aromatic N) is 2. The Balaban J connectivity index is 1.95. The Bertz CT molecular complexity index is 589. The van der Waals surface area contributed by atoms with Gasteiger partial charge < -0.3 is 0 Å². The minimum absolute atomic E-state index is 0.319. The molecule has 0 bridgehead atoms. The van der Waals surface area contributed by atoms with Gasteiger partial charge in [-0.2, -0.15) is 5.10 Å². The number of hydrogen-bond donors (Lipinski definition) is 1. The van der Waals surface area contributed by atoms with Gasteiger partial charge in [0.05, 0.1) is 6.21 Å². The zero-order valence-corrected chi connectivity index (χ0v) is 11.6. The fourth-order valence-electron chi connectivity index (χ4n) is 1.69. The molecule has 0 atom stereocenters. The predicted molar refractivity (Wildman–Crippen MR) is 79.8 cm³/mol. The average Bonchev–Trinajstić information content (AvgIpc) is 2.48. The fourth-order valence-corrected chi connectivity index (χ4v) is 1.69. The lowest BCUT2D eigenvalue weighted by molar-refractivity contribution is 0.0950. The highest BCUT2D eigenvalue weighted by Gasteiger charge is 2.03. The summed E-state index contributed by atoms with van der Waals surface area (Å²) < 4.78 is 0. The Hall–Kier alpha value is -2.49. The molecular weight excluding hydrogens is 250 g/mol. The van der Waals surface area contributed by atoms with E-state index in [1.165, 1.54) is 5.56 Å². The van der Waals surface area contributed by atoms with Gasteiger partial charge in [0, 0.05) is 6.20 Å². The molecule has 102 valence electrons. The molecule has 0 saturated heterocycles. The van der Waals surface area contributed by atoms with Crippen molar-refractivity contribution in [2.75, 3.05) is 0 Å². The number of rotatable bonds is 4. The molecule has 1 aromatic heterocycles. The van der Waals surface area contributed by atoms with Crippen molar-refractivity contribution in [3.05, 3.63) is 65.5 Å². The second-order valence-electron chi connectivity index (χ2n) is 4.74. The largest absolute Gasteiger partial charge is 0.289 e. The lowest BCUT2D eigenvalue weighted by atomic mass is 10.0. The number of aromatic nitrogens is 1. The van der Waals surface area contributed by atoms with Gasteiger partial charge in [0.15, 0.2) is 0 Å². The molecule has 0 radical (unpaired) electrons. The predicted octanol–water partition coefficient (Wildman–Crippen LogP) is 2.97. The third-order valence-electron chi connectivity index (χ3n) is 2.88. The molecule has 0 aliphatic heterocycles. The summed E-state index contributed by atoms with van der Waals surface area (Å²) in [6, 6.07) is 13.2. The molecule has 2 aromatic rings. The average molecular weight is 267 g/mol. The lowest BCUT2D eigenvalue weighted by Gasteiger charge is -2.04. The number of amides is 1. The molecule has 0 fully saturated rings. The highest BCUT2D eigenvalue weighted by Crippen LogP contribution is 2.13. The van der Waals surface area contributed by atoms with Crippen LogP contribution in [0.4, 0.5) is 0 Å². The minimum atomic E-state index is -0.319. The van der Waals surface area contributed by atoms with E-state index in [1.54, 1.807) is 30.6 Å². The number of carbonyl (C=O) groups is 1. The third-order valence-corrected chi connectivity index (χ3v) is 2.88. The summed E-state index contributed by atoms with van der Waals surface area (Å²) in [6.45, 7) is 4.30. The van der Waals surface area contributed by atoms with E-state index in [9.17, 15) is 4.79 Å². The van der Waals surface area contributed by atoms with Crippen molar-refractivity contribution >= 4 is 12.1 Å². The number of hydrazone groups is 1. The van der Waals surface area contributed by atoms with Gasteiger partial charge in [0.2, 0.25) is 0 Å². The molecular formula is C16H17N3O. The summed E-state index contributed by atoms with van der Waals surface area (Å²) in [6.07, 6.45) is 3.19. The summed E-state index contributed by atoms with van der Waals surface area (Å²) >= 11 is 0. The molecule has 0 aliphatic rings. The fraction of sp³-hybridized carbons (Fsp3) is 0.188. The van der Waals surface area contributed by atoms with Crippen LogP contribution >= 0.6 is 0 Å². The van der Waals surface area contributed by atoms with Gasteiger partial charge in [-0.25, -0.2) is 5.43 Å². The molecule has 1 heterocycles. The maximum Gasteiger partial charge on any atom is 0.289 e. The second kappa shape index (κ2) is 6.61. The Morgan fingerprint density at radius 2 is 1.95 bits per heavy atom. The van der Waals surface area contributed by atoms with Crippen LogP contribution < -0.4 is 5.43 Å². The number of carbonyl (C=O) groups excluding carboxylic acids is 1. The van der Waals surface area contributed by atoms with Gasteiger partial charge in [-0.1, -0.05) is 44.2 Å². The van der Waals surface area contributed by atoms with E-state index in [1.807, 2.05) is 12.1 Å². The van der Waals surface area contributed by atoms with Crippen LogP contribution in [0.2, 0.25) is 0 Å². The van der Waals surface area contributed by atoms with E-state index in [4.69, 9.17) is 0 Å². The summed E-state index contributed by atoms with van der Waals surface area (Å²) in [5, 5.41) is 3.93. The molecule has 1 amide bonds. The van der Waals surface area contributed by atoms with Gasteiger partial charge >= 0.3 is 0 Å². The SMILES string of the molecule is CC(C)c1ccc(/C=N/NC(=O)c2ccccn2)cc1. The van der Waals surface area contributed by atoms with Crippen LogP contribution in [0.1, 0.15) is 41.4 Å². The van der Waals surface area contributed by atoms with Crippen molar-refractivity contribution in [2.45, 2.75) is 19.8 Å². The summed E-state index contributed by atoms with van der Waals surface area (Å²) in [4.78, 5) is 15.6. The van der Waals surface area contributed by atoms with E-state index >= 15 is 0 Å². The first-order valence-electron chi connectivity index (χ1n) is 6.51. The van der Waals surface area contributed by atoms with Crippen LogP contribution in [-0.4, -0.2) is 17.1 Å². The molecule has 0 aliphatic carbocycles. The summed E-state index contributed by atoms with van der Waals surface area (Å²) in [5.74, 6) is 0.186. The van der Waals surface area contributed by atoms with Crippen molar-refractivity contribution in [2.24, 2.45) is 5.10 Å². The number of pyridine rings is 1. The Morgan fingerprint density at radius 3 is 2.55 bits per heavy atom. The number of benzene rings is 1. The first-order chi connectivity index (χ1) is 9.66. The van der Waals surface area contributed by atoms with E-state index in [0.29, 0.717) is 11.6 Å². The maximum absolute atomic E-state index is 11.7. The van der Waals surface area contributed by atoms with E-state index < -0.39 is 0 Å². The molecule has 1 N–H and O–H groups in total. The first kappa shape index (κ1) is 13.9. The zero-order valence-electron chi connectivity index (χ0n) is 11.6. The van der Waals surface area contributed by atoms with Crippen LogP contribution in [0.15, 0.2) is 53.8 Å². The Labute approximate surface area is 118 Å². The van der Waals surface area contributed by atoms with Crippen LogP contribution in [0.5, 0.6) is 0 Å². The van der Waals surface area contributed by atoms with Crippen LogP contribution in [0, 0.1) is 0 Å². The molecule has 0 unspecified atom stereocenters. The molecule has 0 spiro atoms. The van der Waals surface area contributed by atoms with Gasteiger partial charge in [-0.15, -0.1) is 0 Å². The molecule has 1 aromatic carbocycles. The maximum atomic E-state index is 11.7. The molecule has 4 heteroatoms. The number of hydrogen-bond acceptors (Lipinski definition) is 3. The first-order valence-corrected chi connectivity index (χ1v) is 6.51. The number of nitrogens with one attached hydrogen (secondary N) is 1. The standard InChI is InChI=1S/C16H17N3O/c1-12(2)14-8-6-13(7-9-14)11-18-19-16(20)15-5-3-4-10-17-15/h3-12H,1-2H3,(H,19,20)/b18-11+. The molecule has 20 heavy (non-hydrogen) atoms. The van der Waals surface area contributed by atoms with Crippen LogP contribution in [0.3, 0.4) is 0 Å². The second-order valence-corrected chi connectivity index (χ2v) is 4.74. The highest BCUT2D eigenvalue weighted by molar-refractivity contribution is 5.93. The summed E-state index contributed by atoms with van der Waals surface area (Å²) in [7, 11) is 0. The van der Waals surface area contributed by atoms with Gasteiger partial charge in [-0.05, 0) is 29.2 Å². The Kier molecular flexibility index (Phi) is 4.60. The van der Waals surface area contributed by atoms with E-state index in [0.717, 1.165) is 5.56 Å². The van der Waals surface area contributed by atoms with E-state index in [-0.39, 0.29) is 5.91 Å². The summed E-state index contributed by atoms with van der Waals surface area (Å²) in [5.41, 5.74) is 5.02. The topological polar surface area (TPSA) is 54.4 Å². The zero-order chi connectivity index (χ0) is 14.4. The molecule has 2 rings (SSSR count). The quantitative estimate of drug-likeness (QED) is 0.684. The lowest BCUT2D eigenvalue weighted by Crippen LogP contribution is -2.18. The highest BCUT2D eigenvalue weighted by atomic mass is 16.2. The van der Waals surface area contributed by atoms with Gasteiger partial charge in [0.25, 0.3) is 5.91 Å². The van der Waals surface area contributed by atoms with Gasteiger partial charge in [0.1, 0.15) is 5.69 Å². The van der Waals surface area contributed by atoms with Crippen molar-refractivity contribution < 1.29 is 4.79 Å². The minimum Gasteiger partial charge on any atom is -0.266 e. The van der Waals surface area contributed by atoms with Gasteiger partial charge in [-0.3, -0.25) is 9.78 Å².